The topological polar surface area (TPSA) is 67.9 Å². The summed E-state index contributed by atoms with van der Waals surface area (Å²) in [5.74, 6) is 0.835. The molecule has 0 bridgehead atoms. The third kappa shape index (κ3) is 2.92. The molecule has 0 spiro atoms. The molecule has 4 rings (SSSR count). The van der Waals surface area contributed by atoms with E-state index in [1.54, 1.807) is 48.5 Å². The number of imide groups is 1. The van der Waals surface area contributed by atoms with E-state index in [-0.39, 0.29) is 5.70 Å². The van der Waals surface area contributed by atoms with Gasteiger partial charge in [-0.15, -0.1) is 0 Å². The Hall–Kier alpha value is -2.99. The predicted molar refractivity (Wildman–Crippen MR) is 92.9 cm³/mol. The molecule has 1 fully saturated rings. The summed E-state index contributed by atoms with van der Waals surface area (Å²) in [4.78, 5) is 25.8. The SMILES string of the molecule is O=C1NC(=Cc2ccc3c(c2)OCCO3)C(=O)N1c1cccc(Cl)c1. The molecule has 0 unspecified atom stereocenters. The van der Waals surface area contributed by atoms with Crippen LogP contribution in [-0.4, -0.2) is 25.2 Å². The molecule has 0 atom stereocenters. The Morgan fingerprint density at radius 3 is 2.64 bits per heavy atom. The van der Waals surface area contributed by atoms with Crippen molar-refractivity contribution in [2.45, 2.75) is 0 Å². The van der Waals surface area contributed by atoms with Crippen LogP contribution in [0.2, 0.25) is 5.02 Å². The minimum Gasteiger partial charge on any atom is -0.486 e. The van der Waals surface area contributed by atoms with Gasteiger partial charge in [-0.1, -0.05) is 23.7 Å². The number of urea groups is 1. The minimum absolute atomic E-state index is 0.182. The van der Waals surface area contributed by atoms with Gasteiger partial charge in [0.1, 0.15) is 18.9 Å². The molecule has 0 aromatic heterocycles. The van der Waals surface area contributed by atoms with Gasteiger partial charge in [0.2, 0.25) is 0 Å². The van der Waals surface area contributed by atoms with E-state index in [1.807, 2.05) is 0 Å². The Labute approximate surface area is 148 Å². The molecule has 25 heavy (non-hydrogen) atoms. The third-order valence-corrected chi connectivity index (χ3v) is 4.06. The van der Waals surface area contributed by atoms with Crippen molar-refractivity contribution in [2.24, 2.45) is 0 Å². The van der Waals surface area contributed by atoms with Gasteiger partial charge in [0, 0.05) is 5.02 Å². The lowest BCUT2D eigenvalue weighted by atomic mass is 10.1. The van der Waals surface area contributed by atoms with Crippen LogP contribution in [0.25, 0.3) is 6.08 Å². The first kappa shape index (κ1) is 15.5. The molecule has 2 aliphatic heterocycles. The van der Waals surface area contributed by atoms with E-state index in [0.29, 0.717) is 35.4 Å². The molecule has 1 N–H and O–H groups in total. The highest BCUT2D eigenvalue weighted by atomic mass is 35.5. The lowest BCUT2D eigenvalue weighted by Crippen LogP contribution is -2.30. The number of carbonyl (C=O) groups is 2. The van der Waals surface area contributed by atoms with Crippen molar-refractivity contribution in [3.63, 3.8) is 0 Å². The first-order chi connectivity index (χ1) is 12.1. The average molecular weight is 357 g/mol. The highest BCUT2D eigenvalue weighted by Crippen LogP contribution is 2.32. The number of nitrogens with zero attached hydrogens (tertiary/aromatic N) is 1. The molecule has 0 radical (unpaired) electrons. The van der Waals surface area contributed by atoms with E-state index in [1.165, 1.54) is 0 Å². The number of amides is 3. The molecule has 6 nitrogen and oxygen atoms in total. The zero-order chi connectivity index (χ0) is 17.4. The van der Waals surface area contributed by atoms with E-state index < -0.39 is 11.9 Å². The van der Waals surface area contributed by atoms with Crippen LogP contribution in [0.5, 0.6) is 11.5 Å². The second-order valence-electron chi connectivity index (χ2n) is 5.51. The van der Waals surface area contributed by atoms with E-state index in [9.17, 15) is 9.59 Å². The monoisotopic (exact) mass is 356 g/mol. The summed E-state index contributed by atoms with van der Waals surface area (Å²) in [5.41, 5.74) is 1.32. The normalized spacial score (nSPS) is 17.8. The van der Waals surface area contributed by atoms with Crippen LogP contribution in [0.1, 0.15) is 5.56 Å². The number of hydrogen-bond donors (Lipinski definition) is 1. The van der Waals surface area contributed by atoms with Crippen molar-refractivity contribution >= 4 is 35.3 Å². The van der Waals surface area contributed by atoms with Gasteiger partial charge in [-0.2, -0.15) is 0 Å². The maximum absolute atomic E-state index is 12.6. The summed E-state index contributed by atoms with van der Waals surface area (Å²) >= 11 is 5.94. The Kier molecular flexibility index (Phi) is 3.82. The maximum atomic E-state index is 12.6. The highest BCUT2D eigenvalue weighted by molar-refractivity contribution is 6.32. The highest BCUT2D eigenvalue weighted by Gasteiger charge is 2.35. The zero-order valence-electron chi connectivity index (χ0n) is 13.0. The quantitative estimate of drug-likeness (QED) is 0.662. The Balaban J connectivity index is 1.64. The fraction of sp³-hybridized carbons (Fsp3) is 0.111. The van der Waals surface area contributed by atoms with Gasteiger partial charge in [-0.25, -0.2) is 9.69 Å². The second-order valence-corrected chi connectivity index (χ2v) is 5.95. The van der Waals surface area contributed by atoms with Gasteiger partial charge in [-0.3, -0.25) is 4.79 Å². The van der Waals surface area contributed by atoms with Crippen molar-refractivity contribution in [1.82, 2.24) is 5.32 Å². The molecule has 3 amide bonds. The van der Waals surface area contributed by atoms with Gasteiger partial charge in [0.15, 0.2) is 11.5 Å². The number of hydrogen-bond acceptors (Lipinski definition) is 4. The number of fused-ring (bicyclic) bond motifs is 1. The third-order valence-electron chi connectivity index (χ3n) is 3.82. The van der Waals surface area contributed by atoms with Crippen LogP contribution < -0.4 is 19.7 Å². The molecule has 126 valence electrons. The van der Waals surface area contributed by atoms with Crippen LogP contribution in [-0.2, 0) is 4.79 Å². The Bertz CT molecular complexity index is 910. The number of anilines is 1. The molecule has 2 aromatic carbocycles. The summed E-state index contributed by atoms with van der Waals surface area (Å²) in [6.45, 7) is 0.988. The fourth-order valence-corrected chi connectivity index (χ4v) is 2.89. The molecule has 2 aliphatic rings. The number of benzene rings is 2. The molecule has 1 saturated heterocycles. The van der Waals surface area contributed by atoms with Crippen molar-refractivity contribution in [3.05, 3.63) is 58.7 Å². The van der Waals surface area contributed by atoms with Gasteiger partial charge < -0.3 is 14.8 Å². The second kappa shape index (κ2) is 6.14. The lowest BCUT2D eigenvalue weighted by Gasteiger charge is -2.18. The fourth-order valence-electron chi connectivity index (χ4n) is 2.70. The smallest absolute Gasteiger partial charge is 0.333 e. The summed E-state index contributed by atoms with van der Waals surface area (Å²) in [6, 6.07) is 11.4. The van der Waals surface area contributed by atoms with Crippen LogP contribution in [0.3, 0.4) is 0 Å². The lowest BCUT2D eigenvalue weighted by molar-refractivity contribution is -0.113. The summed E-state index contributed by atoms with van der Waals surface area (Å²) in [6.07, 6.45) is 1.60. The standard InChI is InChI=1S/C18H13ClN2O4/c19-12-2-1-3-13(10-12)21-17(22)14(20-18(21)23)8-11-4-5-15-16(9-11)25-7-6-24-15/h1-5,8-10H,6-7H2,(H,20,23). The van der Waals surface area contributed by atoms with E-state index in [0.717, 1.165) is 10.5 Å². The molecule has 2 heterocycles. The van der Waals surface area contributed by atoms with Gasteiger partial charge >= 0.3 is 6.03 Å². The minimum atomic E-state index is -0.518. The van der Waals surface area contributed by atoms with Crippen LogP contribution in [0, 0.1) is 0 Å². The van der Waals surface area contributed by atoms with E-state index in [4.69, 9.17) is 21.1 Å². The molecule has 0 saturated carbocycles. The number of carbonyl (C=O) groups excluding carboxylic acids is 2. The van der Waals surface area contributed by atoms with Crippen molar-refractivity contribution in [3.8, 4) is 11.5 Å². The van der Waals surface area contributed by atoms with Gasteiger partial charge in [-0.05, 0) is 42.0 Å². The predicted octanol–water partition coefficient (Wildman–Crippen LogP) is 3.21. The number of ether oxygens (including phenoxy) is 2. The molecular formula is C18H13ClN2O4. The van der Waals surface area contributed by atoms with E-state index >= 15 is 0 Å². The Morgan fingerprint density at radius 2 is 1.84 bits per heavy atom. The summed E-state index contributed by atoms with van der Waals surface area (Å²) in [5, 5.41) is 3.03. The van der Waals surface area contributed by atoms with Crippen molar-refractivity contribution in [1.29, 1.82) is 0 Å². The van der Waals surface area contributed by atoms with Gasteiger partial charge in [0.25, 0.3) is 5.91 Å². The van der Waals surface area contributed by atoms with Crippen LogP contribution in [0.4, 0.5) is 10.5 Å². The summed E-state index contributed by atoms with van der Waals surface area (Å²) in [7, 11) is 0. The number of rotatable bonds is 2. The zero-order valence-corrected chi connectivity index (χ0v) is 13.7. The van der Waals surface area contributed by atoms with E-state index in [2.05, 4.69) is 5.32 Å². The first-order valence-electron chi connectivity index (χ1n) is 7.64. The Morgan fingerprint density at radius 1 is 1.04 bits per heavy atom. The van der Waals surface area contributed by atoms with Crippen LogP contribution >= 0.6 is 11.6 Å². The first-order valence-corrected chi connectivity index (χ1v) is 8.02. The van der Waals surface area contributed by atoms with Crippen molar-refractivity contribution < 1.29 is 19.1 Å². The number of nitrogens with one attached hydrogen (secondary N) is 1. The van der Waals surface area contributed by atoms with Crippen LogP contribution in [0.15, 0.2) is 48.2 Å². The molecular weight excluding hydrogens is 344 g/mol. The number of halogens is 1. The van der Waals surface area contributed by atoms with Crippen molar-refractivity contribution in [2.75, 3.05) is 18.1 Å². The molecule has 2 aromatic rings. The largest absolute Gasteiger partial charge is 0.486 e. The maximum Gasteiger partial charge on any atom is 0.333 e. The summed E-state index contributed by atoms with van der Waals surface area (Å²) < 4.78 is 11.0. The average Bonchev–Trinajstić information content (AvgIpc) is 2.88. The van der Waals surface area contributed by atoms with Gasteiger partial charge in [0.05, 0.1) is 5.69 Å². The molecule has 0 aliphatic carbocycles. The molecule has 7 heteroatoms.